The number of para-hydroxylation sites is 1. The number of amides is 1. The molecule has 0 aliphatic rings. The van der Waals surface area contributed by atoms with Gasteiger partial charge in [0.1, 0.15) is 0 Å². The summed E-state index contributed by atoms with van der Waals surface area (Å²) in [5, 5.41) is 7.46. The number of fused-ring (bicyclic) bond motifs is 1. The molecular weight excluding hydrogens is 388 g/mol. The zero-order valence-corrected chi connectivity index (χ0v) is 16.2. The zero-order chi connectivity index (χ0) is 20.2. The number of carbonyl (C=O) groups is 1. The topological polar surface area (TPSA) is 109 Å². The van der Waals surface area contributed by atoms with E-state index in [1.54, 1.807) is 18.3 Å². The zero-order valence-electron chi connectivity index (χ0n) is 15.4. The van der Waals surface area contributed by atoms with Crippen molar-refractivity contribution in [1.82, 2.24) is 15.0 Å². The first-order valence-electron chi connectivity index (χ1n) is 9.10. The molecule has 7 nitrogen and oxygen atoms in total. The molecule has 2 aromatic heterocycles. The highest BCUT2D eigenvalue weighted by molar-refractivity contribution is 6.33. The Morgan fingerprint density at radius 2 is 1.97 bits per heavy atom. The van der Waals surface area contributed by atoms with Crippen LogP contribution in [0.1, 0.15) is 6.42 Å². The summed E-state index contributed by atoms with van der Waals surface area (Å²) in [6.45, 7) is 0.305. The van der Waals surface area contributed by atoms with E-state index in [2.05, 4.69) is 25.6 Å². The van der Waals surface area contributed by atoms with E-state index in [-0.39, 0.29) is 12.3 Å². The number of aromatic nitrogens is 3. The van der Waals surface area contributed by atoms with Crippen molar-refractivity contribution < 1.29 is 4.79 Å². The minimum atomic E-state index is -0.131. The van der Waals surface area contributed by atoms with Crippen LogP contribution in [0.15, 0.2) is 60.9 Å². The van der Waals surface area contributed by atoms with Crippen LogP contribution in [0.4, 0.5) is 17.3 Å². The van der Waals surface area contributed by atoms with Crippen molar-refractivity contribution in [1.29, 1.82) is 0 Å². The summed E-state index contributed by atoms with van der Waals surface area (Å²) in [5.74, 6) is 0.272. The van der Waals surface area contributed by atoms with Crippen LogP contribution < -0.4 is 16.4 Å². The van der Waals surface area contributed by atoms with Gasteiger partial charge in [-0.05, 0) is 24.3 Å². The fraction of sp³-hybridized carbons (Fsp3) is 0.0952. The fourth-order valence-corrected chi connectivity index (χ4v) is 3.23. The van der Waals surface area contributed by atoms with E-state index >= 15 is 0 Å². The standard InChI is InChI=1S/C21H19ClN6O/c22-17-12-25-21(27-14-5-3-4-13(10-14)26-19(29)8-9-23)28-20(17)16-11-24-18-7-2-1-6-15(16)18/h1-7,10-12,24H,8-9,23H2,(H,26,29)(H,25,27,28). The molecule has 2 heterocycles. The number of anilines is 3. The average Bonchev–Trinajstić information content (AvgIpc) is 3.14. The molecule has 0 unspecified atom stereocenters. The van der Waals surface area contributed by atoms with Gasteiger partial charge in [0, 0.05) is 47.0 Å². The molecule has 1 amide bonds. The predicted molar refractivity (Wildman–Crippen MR) is 116 cm³/mol. The smallest absolute Gasteiger partial charge is 0.227 e. The van der Waals surface area contributed by atoms with Crippen molar-refractivity contribution in [2.24, 2.45) is 5.73 Å². The van der Waals surface area contributed by atoms with E-state index < -0.39 is 0 Å². The number of rotatable bonds is 6. The molecule has 8 heteroatoms. The molecular formula is C21H19ClN6O. The summed E-state index contributed by atoms with van der Waals surface area (Å²) in [6.07, 6.45) is 3.73. The van der Waals surface area contributed by atoms with E-state index in [1.807, 2.05) is 42.6 Å². The van der Waals surface area contributed by atoms with Crippen LogP contribution in [0.5, 0.6) is 0 Å². The molecule has 146 valence electrons. The van der Waals surface area contributed by atoms with Gasteiger partial charge in [0.15, 0.2) is 0 Å². The Morgan fingerprint density at radius 1 is 1.14 bits per heavy atom. The van der Waals surface area contributed by atoms with Crippen molar-refractivity contribution in [3.63, 3.8) is 0 Å². The Labute approximate surface area is 172 Å². The molecule has 4 aromatic rings. The first kappa shape index (κ1) is 18.9. The Balaban J connectivity index is 1.61. The second kappa shape index (κ2) is 8.30. The van der Waals surface area contributed by atoms with Crippen LogP contribution in [0.2, 0.25) is 5.02 Å². The number of halogens is 1. The second-order valence-electron chi connectivity index (χ2n) is 6.43. The fourth-order valence-electron chi connectivity index (χ4n) is 3.04. The van der Waals surface area contributed by atoms with Crippen LogP contribution in [0, 0.1) is 0 Å². The largest absolute Gasteiger partial charge is 0.360 e. The number of nitrogens with one attached hydrogen (secondary N) is 3. The first-order chi connectivity index (χ1) is 14.1. The van der Waals surface area contributed by atoms with Crippen LogP contribution in [0.3, 0.4) is 0 Å². The highest BCUT2D eigenvalue weighted by Gasteiger charge is 2.13. The number of aromatic amines is 1. The third kappa shape index (κ3) is 4.21. The van der Waals surface area contributed by atoms with E-state index in [9.17, 15) is 4.79 Å². The number of nitrogens with zero attached hydrogens (tertiary/aromatic N) is 2. The summed E-state index contributed by atoms with van der Waals surface area (Å²) in [6, 6.07) is 15.3. The van der Waals surface area contributed by atoms with Crippen molar-refractivity contribution in [3.8, 4) is 11.3 Å². The van der Waals surface area contributed by atoms with E-state index in [1.165, 1.54) is 0 Å². The Bertz CT molecular complexity index is 1170. The Morgan fingerprint density at radius 3 is 2.83 bits per heavy atom. The second-order valence-corrected chi connectivity index (χ2v) is 6.84. The molecule has 4 rings (SSSR count). The summed E-state index contributed by atoms with van der Waals surface area (Å²) >= 11 is 6.38. The van der Waals surface area contributed by atoms with Crippen LogP contribution in [-0.2, 0) is 4.79 Å². The summed E-state index contributed by atoms with van der Waals surface area (Å²) in [5.41, 5.74) is 9.36. The van der Waals surface area contributed by atoms with Gasteiger partial charge in [-0.1, -0.05) is 35.9 Å². The molecule has 0 spiro atoms. The molecule has 0 radical (unpaired) electrons. The molecule has 0 saturated heterocycles. The molecule has 0 fully saturated rings. The molecule has 0 bridgehead atoms. The minimum absolute atomic E-state index is 0.131. The third-order valence-corrected chi connectivity index (χ3v) is 4.64. The van der Waals surface area contributed by atoms with Crippen molar-refractivity contribution >= 4 is 45.7 Å². The number of nitrogens with two attached hydrogens (primary N) is 1. The van der Waals surface area contributed by atoms with Gasteiger partial charge in [0.2, 0.25) is 11.9 Å². The van der Waals surface area contributed by atoms with Crippen LogP contribution in [0.25, 0.3) is 22.2 Å². The van der Waals surface area contributed by atoms with Gasteiger partial charge in [-0.2, -0.15) is 0 Å². The molecule has 0 aliphatic carbocycles. The quantitative estimate of drug-likeness (QED) is 0.381. The van der Waals surface area contributed by atoms with Gasteiger partial charge in [-0.15, -0.1) is 0 Å². The lowest BCUT2D eigenvalue weighted by Crippen LogP contribution is -2.16. The summed E-state index contributed by atoms with van der Waals surface area (Å²) in [4.78, 5) is 23.9. The minimum Gasteiger partial charge on any atom is -0.360 e. The maximum Gasteiger partial charge on any atom is 0.227 e. The van der Waals surface area contributed by atoms with Gasteiger partial charge in [-0.25, -0.2) is 9.97 Å². The van der Waals surface area contributed by atoms with Crippen LogP contribution in [-0.4, -0.2) is 27.4 Å². The average molecular weight is 407 g/mol. The van der Waals surface area contributed by atoms with E-state index in [0.29, 0.717) is 28.9 Å². The van der Waals surface area contributed by atoms with Gasteiger partial charge in [0.25, 0.3) is 0 Å². The number of carbonyl (C=O) groups excluding carboxylic acids is 1. The highest BCUT2D eigenvalue weighted by Crippen LogP contribution is 2.32. The maximum absolute atomic E-state index is 11.7. The molecule has 5 N–H and O–H groups in total. The van der Waals surface area contributed by atoms with Crippen LogP contribution >= 0.6 is 11.6 Å². The van der Waals surface area contributed by atoms with Crippen molar-refractivity contribution in [2.45, 2.75) is 6.42 Å². The lowest BCUT2D eigenvalue weighted by Gasteiger charge is -2.10. The van der Waals surface area contributed by atoms with Gasteiger partial charge in [-0.3, -0.25) is 4.79 Å². The normalized spacial score (nSPS) is 10.8. The lowest BCUT2D eigenvalue weighted by atomic mass is 10.1. The van der Waals surface area contributed by atoms with Crippen molar-refractivity contribution in [2.75, 3.05) is 17.2 Å². The number of hydrogen-bond acceptors (Lipinski definition) is 5. The SMILES string of the molecule is NCCC(=O)Nc1cccc(Nc2ncc(Cl)c(-c3c[nH]c4ccccc34)n2)c1. The van der Waals surface area contributed by atoms with E-state index in [4.69, 9.17) is 17.3 Å². The third-order valence-electron chi connectivity index (χ3n) is 4.36. The number of H-pyrrole nitrogens is 1. The highest BCUT2D eigenvalue weighted by atomic mass is 35.5. The molecule has 0 aliphatic heterocycles. The summed E-state index contributed by atoms with van der Waals surface area (Å²) in [7, 11) is 0. The number of hydrogen-bond donors (Lipinski definition) is 4. The maximum atomic E-state index is 11.7. The number of benzene rings is 2. The Kier molecular flexibility index (Phi) is 5.41. The molecule has 29 heavy (non-hydrogen) atoms. The lowest BCUT2D eigenvalue weighted by molar-refractivity contribution is -0.116. The first-order valence-corrected chi connectivity index (χ1v) is 9.48. The Hall–Kier alpha value is -3.42. The summed E-state index contributed by atoms with van der Waals surface area (Å²) < 4.78 is 0. The monoisotopic (exact) mass is 406 g/mol. The van der Waals surface area contributed by atoms with Gasteiger partial charge < -0.3 is 21.4 Å². The van der Waals surface area contributed by atoms with E-state index in [0.717, 1.165) is 22.2 Å². The van der Waals surface area contributed by atoms with Gasteiger partial charge in [0.05, 0.1) is 16.9 Å². The van der Waals surface area contributed by atoms with Crippen molar-refractivity contribution in [3.05, 3.63) is 65.9 Å². The molecule has 0 saturated carbocycles. The predicted octanol–water partition coefficient (Wildman–Crippen LogP) is 4.31. The van der Waals surface area contributed by atoms with Gasteiger partial charge >= 0.3 is 0 Å². The molecule has 0 atom stereocenters. The molecule has 2 aromatic carbocycles.